The molecule has 0 aliphatic carbocycles. The molecule has 33 heavy (non-hydrogen) atoms. The number of carbonyl (C=O) groups excluding carboxylic acids is 1. The lowest BCUT2D eigenvalue weighted by Crippen LogP contribution is -2.48. The van der Waals surface area contributed by atoms with Crippen LogP contribution in [0.4, 0.5) is 0 Å². The van der Waals surface area contributed by atoms with Crippen LogP contribution in [0, 0.1) is 0 Å². The van der Waals surface area contributed by atoms with Crippen LogP contribution in [-0.2, 0) is 16.0 Å². The first kappa shape index (κ1) is 25.7. The number of carbonyl (C=O) groups is 1. The molecular weight excluding hydrogens is 436 g/mol. The van der Waals surface area contributed by atoms with E-state index in [1.807, 2.05) is 21.9 Å². The number of fused-ring (bicyclic) bond motifs is 1. The third-order valence-corrected chi connectivity index (χ3v) is 7.09. The minimum absolute atomic E-state index is 0.0775. The van der Waals surface area contributed by atoms with Crippen LogP contribution < -0.4 is 4.74 Å². The molecule has 0 bridgehead atoms. The van der Waals surface area contributed by atoms with E-state index >= 15 is 0 Å². The van der Waals surface area contributed by atoms with E-state index in [-0.39, 0.29) is 25.1 Å². The van der Waals surface area contributed by atoms with Crippen molar-refractivity contribution in [2.24, 2.45) is 0 Å². The van der Waals surface area contributed by atoms with Gasteiger partial charge in [0, 0.05) is 25.1 Å². The molecule has 1 aliphatic heterocycles. The van der Waals surface area contributed by atoms with Gasteiger partial charge in [0.15, 0.2) is 0 Å². The highest BCUT2D eigenvalue weighted by Crippen LogP contribution is 2.34. The van der Waals surface area contributed by atoms with Crippen LogP contribution in [0.2, 0.25) is 0 Å². The summed E-state index contributed by atoms with van der Waals surface area (Å²) < 4.78 is 11.2. The largest absolute Gasteiger partial charge is 0.491 e. The van der Waals surface area contributed by atoms with Crippen molar-refractivity contribution in [3.8, 4) is 5.75 Å². The molecule has 0 spiro atoms. The molecule has 2 aromatic rings. The third kappa shape index (κ3) is 7.03. The number of hydrogen-bond donors (Lipinski definition) is 1. The summed E-state index contributed by atoms with van der Waals surface area (Å²) in [7, 11) is 1.58. The Kier molecular flexibility index (Phi) is 9.74. The van der Waals surface area contributed by atoms with E-state index in [1.54, 1.807) is 18.4 Å². The summed E-state index contributed by atoms with van der Waals surface area (Å²) in [5, 5.41) is 12.3. The van der Waals surface area contributed by atoms with E-state index in [2.05, 4.69) is 44.4 Å². The third-order valence-electron chi connectivity index (χ3n) is 6.10. The maximum absolute atomic E-state index is 13.4. The van der Waals surface area contributed by atoms with E-state index in [0.29, 0.717) is 25.6 Å². The predicted molar refractivity (Wildman–Crippen MR) is 133 cm³/mol. The molecule has 0 fully saturated rings. The quantitative estimate of drug-likeness (QED) is 0.502. The Hall–Kier alpha value is -1.93. The first-order valence-electron chi connectivity index (χ1n) is 11.9. The first-order chi connectivity index (χ1) is 15.9. The zero-order chi connectivity index (χ0) is 23.8. The second-order valence-corrected chi connectivity index (χ2v) is 10.0. The molecule has 0 saturated heterocycles. The van der Waals surface area contributed by atoms with Crippen molar-refractivity contribution in [1.82, 2.24) is 9.80 Å². The normalized spacial score (nSPS) is 16.8. The number of methoxy groups -OCH3 is 1. The fourth-order valence-electron chi connectivity index (χ4n) is 4.38. The van der Waals surface area contributed by atoms with Gasteiger partial charge < -0.3 is 19.5 Å². The Bertz CT molecular complexity index is 867. The highest BCUT2D eigenvalue weighted by atomic mass is 32.1. The molecule has 0 radical (unpaired) electrons. The van der Waals surface area contributed by atoms with Crippen LogP contribution in [0.5, 0.6) is 5.75 Å². The molecule has 182 valence electrons. The zero-order valence-electron chi connectivity index (χ0n) is 20.3. The maximum atomic E-state index is 13.4. The number of amides is 1. The zero-order valence-corrected chi connectivity index (χ0v) is 21.1. The van der Waals surface area contributed by atoms with Crippen molar-refractivity contribution >= 4 is 17.2 Å². The van der Waals surface area contributed by atoms with Crippen LogP contribution in [-0.4, -0.2) is 73.4 Å². The second-order valence-electron chi connectivity index (χ2n) is 9.03. The predicted octanol–water partition coefficient (Wildman–Crippen LogP) is 4.10. The molecule has 7 heteroatoms. The molecular formula is C26H38N2O4S. The number of ether oxygens (including phenoxy) is 2. The molecule has 1 aromatic carbocycles. The molecule has 0 saturated carbocycles. The van der Waals surface area contributed by atoms with Crippen molar-refractivity contribution in [3.63, 3.8) is 0 Å². The van der Waals surface area contributed by atoms with Crippen LogP contribution in [0.3, 0.4) is 0 Å². The van der Waals surface area contributed by atoms with Crippen molar-refractivity contribution < 1.29 is 19.4 Å². The highest BCUT2D eigenvalue weighted by Gasteiger charge is 2.33. The molecule has 1 N–H and O–H groups in total. The van der Waals surface area contributed by atoms with Crippen molar-refractivity contribution in [2.75, 3.05) is 46.5 Å². The van der Waals surface area contributed by atoms with E-state index < -0.39 is 6.10 Å². The van der Waals surface area contributed by atoms with Crippen LogP contribution in [0.25, 0.3) is 0 Å². The smallest absolute Gasteiger partial charge is 0.237 e. The Morgan fingerprint density at radius 3 is 2.70 bits per heavy atom. The van der Waals surface area contributed by atoms with Gasteiger partial charge in [0.25, 0.3) is 0 Å². The summed E-state index contributed by atoms with van der Waals surface area (Å²) in [6.07, 6.45) is 1.19. The SMILES string of the molecule is CCCN(CC(=O)N1CCc2sccc2[C@H]1COc1ccc(C(C)C)cc1)C[C@H](O)COC. The number of rotatable bonds is 12. The highest BCUT2D eigenvalue weighted by molar-refractivity contribution is 7.10. The number of nitrogens with zero attached hydrogens (tertiary/aromatic N) is 2. The van der Waals surface area contributed by atoms with Gasteiger partial charge in [-0.2, -0.15) is 0 Å². The van der Waals surface area contributed by atoms with Gasteiger partial charge in [-0.25, -0.2) is 0 Å². The lowest BCUT2D eigenvalue weighted by Gasteiger charge is -2.37. The van der Waals surface area contributed by atoms with E-state index in [1.165, 1.54) is 16.0 Å². The lowest BCUT2D eigenvalue weighted by atomic mass is 10.00. The molecule has 0 unspecified atom stereocenters. The molecule has 2 atom stereocenters. The Morgan fingerprint density at radius 1 is 1.27 bits per heavy atom. The van der Waals surface area contributed by atoms with Gasteiger partial charge in [-0.3, -0.25) is 9.69 Å². The minimum atomic E-state index is -0.605. The molecule has 1 aromatic heterocycles. The molecule has 1 amide bonds. The Labute approximate surface area is 202 Å². The van der Waals surface area contributed by atoms with Crippen molar-refractivity contribution in [3.05, 3.63) is 51.7 Å². The molecule has 2 heterocycles. The summed E-state index contributed by atoms with van der Waals surface area (Å²) in [5.41, 5.74) is 2.48. The first-order valence-corrected chi connectivity index (χ1v) is 12.8. The fourth-order valence-corrected chi connectivity index (χ4v) is 5.30. The summed E-state index contributed by atoms with van der Waals surface area (Å²) in [5.74, 6) is 1.38. The number of hydrogen-bond acceptors (Lipinski definition) is 6. The van der Waals surface area contributed by atoms with Gasteiger partial charge >= 0.3 is 0 Å². The van der Waals surface area contributed by atoms with Gasteiger partial charge in [0.05, 0.1) is 25.3 Å². The lowest BCUT2D eigenvalue weighted by molar-refractivity contribution is -0.136. The molecule has 1 aliphatic rings. The summed E-state index contributed by atoms with van der Waals surface area (Å²) in [6.45, 7) is 9.28. The number of aliphatic hydroxyl groups excluding tert-OH is 1. The van der Waals surface area contributed by atoms with Gasteiger partial charge in [0.1, 0.15) is 12.4 Å². The average Bonchev–Trinajstić information content (AvgIpc) is 3.27. The number of benzene rings is 1. The monoisotopic (exact) mass is 474 g/mol. The number of aliphatic hydroxyl groups is 1. The van der Waals surface area contributed by atoms with Crippen LogP contribution in [0.15, 0.2) is 35.7 Å². The van der Waals surface area contributed by atoms with Gasteiger partial charge in [-0.15, -0.1) is 11.3 Å². The van der Waals surface area contributed by atoms with Gasteiger partial charge in [-0.1, -0.05) is 32.9 Å². The van der Waals surface area contributed by atoms with Gasteiger partial charge in [-0.05, 0) is 60.0 Å². The Morgan fingerprint density at radius 2 is 2.03 bits per heavy atom. The topological polar surface area (TPSA) is 62.2 Å². The fraction of sp³-hybridized carbons (Fsp3) is 0.577. The summed E-state index contributed by atoms with van der Waals surface area (Å²) in [6, 6.07) is 10.3. The number of thiophene rings is 1. The summed E-state index contributed by atoms with van der Waals surface area (Å²) >= 11 is 1.75. The minimum Gasteiger partial charge on any atom is -0.491 e. The van der Waals surface area contributed by atoms with E-state index in [0.717, 1.165) is 25.1 Å². The Balaban J connectivity index is 1.70. The summed E-state index contributed by atoms with van der Waals surface area (Å²) in [4.78, 5) is 18.7. The molecule has 3 rings (SSSR count). The van der Waals surface area contributed by atoms with Crippen molar-refractivity contribution in [1.29, 1.82) is 0 Å². The van der Waals surface area contributed by atoms with Gasteiger partial charge in [0.2, 0.25) is 5.91 Å². The van der Waals surface area contributed by atoms with Crippen molar-refractivity contribution in [2.45, 2.75) is 51.7 Å². The van der Waals surface area contributed by atoms with E-state index in [9.17, 15) is 9.90 Å². The standard InChI is InChI=1S/C26H38N2O4S/c1-5-12-27(15-21(29)17-31-4)16-26(30)28-13-10-25-23(11-14-33-25)24(28)18-32-22-8-6-20(7-9-22)19(2)3/h6-9,11,14,19,21,24,29H,5,10,12-13,15-18H2,1-4H3/t21-,24+/m0/s1. The second kappa shape index (κ2) is 12.5. The maximum Gasteiger partial charge on any atom is 0.237 e. The average molecular weight is 475 g/mol. The molecule has 6 nitrogen and oxygen atoms in total. The van der Waals surface area contributed by atoms with E-state index in [4.69, 9.17) is 9.47 Å². The van der Waals surface area contributed by atoms with Crippen LogP contribution in [0.1, 0.15) is 55.2 Å². The van der Waals surface area contributed by atoms with Crippen LogP contribution >= 0.6 is 11.3 Å².